The van der Waals surface area contributed by atoms with Crippen LogP contribution in [0.1, 0.15) is 33.0 Å². The quantitative estimate of drug-likeness (QED) is 0.657. The van der Waals surface area contributed by atoms with E-state index < -0.39 is 12.2 Å². The lowest BCUT2D eigenvalue weighted by Gasteiger charge is -2.23. The molecule has 2 atom stereocenters. The molecule has 9 nitrogen and oxygen atoms in total. The van der Waals surface area contributed by atoms with Crippen LogP contribution in [0.3, 0.4) is 0 Å². The maximum atomic E-state index is 14.1. The number of hydrogen-bond donors (Lipinski definition) is 1. The number of aryl methyl sites for hydroxylation is 1. The van der Waals surface area contributed by atoms with Crippen LogP contribution >= 0.6 is 0 Å². The van der Waals surface area contributed by atoms with Crippen LogP contribution in [-0.2, 0) is 20.1 Å². The van der Waals surface area contributed by atoms with E-state index in [1.807, 2.05) is 30.3 Å². The second-order valence-electron chi connectivity index (χ2n) is 7.31. The molecule has 1 aliphatic heterocycles. The molecule has 1 aliphatic rings. The number of carbonyl (C=O) groups excluding carboxylic acids is 2. The lowest BCUT2D eigenvalue weighted by atomic mass is 10.2. The molecular formula is C20H22FN7O2. The van der Waals surface area contributed by atoms with E-state index in [2.05, 4.69) is 20.7 Å². The van der Waals surface area contributed by atoms with Crippen molar-refractivity contribution in [2.45, 2.75) is 31.7 Å². The van der Waals surface area contributed by atoms with Gasteiger partial charge >= 0.3 is 0 Å². The maximum Gasteiger partial charge on any atom is 0.274 e. The summed E-state index contributed by atoms with van der Waals surface area (Å²) in [6, 6.07) is 10.7. The molecule has 1 saturated heterocycles. The Morgan fingerprint density at radius 3 is 2.73 bits per heavy atom. The fourth-order valence-corrected chi connectivity index (χ4v) is 3.53. The van der Waals surface area contributed by atoms with Gasteiger partial charge in [0.1, 0.15) is 11.9 Å². The standard InChI is InChI=1S/C20H22FN7O2/c1-26-8-7-17(24-26)20(30)28-11-15(21)9-16(28)12-27-13-18(23-25-27)19(29)22-10-14-5-3-2-4-6-14/h2-8,13,15-16H,9-12H2,1H3,(H,22,29). The number of halogens is 1. The molecule has 10 heteroatoms. The third-order valence-electron chi connectivity index (χ3n) is 5.02. The van der Waals surface area contributed by atoms with Gasteiger partial charge in [-0.15, -0.1) is 5.10 Å². The van der Waals surface area contributed by atoms with Crippen molar-refractivity contribution >= 4 is 11.8 Å². The van der Waals surface area contributed by atoms with Gasteiger partial charge in [0, 0.05) is 26.2 Å². The molecule has 0 bridgehead atoms. The predicted octanol–water partition coefficient (Wildman–Crippen LogP) is 1.19. The number of hydrogen-bond acceptors (Lipinski definition) is 5. The van der Waals surface area contributed by atoms with Gasteiger partial charge in [-0.25, -0.2) is 9.07 Å². The van der Waals surface area contributed by atoms with Gasteiger partial charge < -0.3 is 10.2 Å². The van der Waals surface area contributed by atoms with Crippen molar-refractivity contribution in [1.29, 1.82) is 0 Å². The molecule has 30 heavy (non-hydrogen) atoms. The van der Waals surface area contributed by atoms with Gasteiger partial charge in [0.15, 0.2) is 5.69 Å². The van der Waals surface area contributed by atoms with Gasteiger partial charge in [0.05, 0.1) is 25.3 Å². The third-order valence-corrected chi connectivity index (χ3v) is 5.02. The maximum absolute atomic E-state index is 14.1. The number of likely N-dealkylation sites (tertiary alicyclic amines) is 1. The smallest absolute Gasteiger partial charge is 0.274 e. The molecule has 4 rings (SSSR count). The summed E-state index contributed by atoms with van der Waals surface area (Å²) >= 11 is 0. The van der Waals surface area contributed by atoms with E-state index in [4.69, 9.17) is 0 Å². The number of carbonyl (C=O) groups is 2. The number of nitrogens with zero attached hydrogens (tertiary/aromatic N) is 6. The van der Waals surface area contributed by atoms with E-state index in [1.165, 1.54) is 20.5 Å². The summed E-state index contributed by atoms with van der Waals surface area (Å²) in [4.78, 5) is 26.5. The van der Waals surface area contributed by atoms with Crippen molar-refractivity contribution in [3.8, 4) is 0 Å². The molecule has 2 amide bonds. The molecule has 2 aromatic heterocycles. The Morgan fingerprint density at radius 2 is 2.00 bits per heavy atom. The zero-order valence-corrected chi connectivity index (χ0v) is 16.5. The highest BCUT2D eigenvalue weighted by Gasteiger charge is 2.37. The van der Waals surface area contributed by atoms with Gasteiger partial charge in [-0.2, -0.15) is 5.10 Å². The molecule has 3 aromatic rings. The van der Waals surface area contributed by atoms with Crippen LogP contribution in [0, 0.1) is 0 Å². The minimum absolute atomic E-state index is 0.0131. The highest BCUT2D eigenvalue weighted by molar-refractivity contribution is 5.93. The van der Waals surface area contributed by atoms with Crippen molar-refractivity contribution < 1.29 is 14.0 Å². The molecule has 1 N–H and O–H groups in total. The Labute approximate surface area is 172 Å². The first-order chi connectivity index (χ1) is 14.5. The molecule has 0 radical (unpaired) electrons. The Morgan fingerprint density at radius 1 is 1.20 bits per heavy atom. The molecule has 1 fully saturated rings. The van der Waals surface area contributed by atoms with Crippen LogP contribution in [0.4, 0.5) is 4.39 Å². The number of rotatable bonds is 6. The molecule has 2 unspecified atom stereocenters. The van der Waals surface area contributed by atoms with E-state index in [0.29, 0.717) is 6.54 Å². The lowest BCUT2D eigenvalue weighted by molar-refractivity contribution is 0.0707. The fourth-order valence-electron chi connectivity index (χ4n) is 3.53. The lowest BCUT2D eigenvalue weighted by Crippen LogP contribution is -2.38. The van der Waals surface area contributed by atoms with Crippen molar-refractivity contribution in [2.24, 2.45) is 7.05 Å². The zero-order valence-electron chi connectivity index (χ0n) is 16.5. The Hall–Kier alpha value is -3.56. The second kappa shape index (κ2) is 8.44. The first kappa shape index (κ1) is 19.7. The van der Waals surface area contributed by atoms with Gasteiger partial charge in [-0.1, -0.05) is 35.5 Å². The molecule has 3 heterocycles. The Balaban J connectivity index is 1.39. The summed E-state index contributed by atoms with van der Waals surface area (Å²) in [5, 5.41) is 14.8. The average Bonchev–Trinajstić information content (AvgIpc) is 3.47. The highest BCUT2D eigenvalue weighted by atomic mass is 19.1. The van der Waals surface area contributed by atoms with Crippen molar-refractivity contribution in [2.75, 3.05) is 6.54 Å². The third kappa shape index (κ3) is 4.37. The van der Waals surface area contributed by atoms with E-state index in [9.17, 15) is 14.0 Å². The number of aromatic nitrogens is 5. The molecule has 1 aromatic carbocycles. The van der Waals surface area contributed by atoms with Crippen molar-refractivity contribution in [3.05, 3.63) is 65.7 Å². The Bertz CT molecular complexity index is 1030. The normalized spacial score (nSPS) is 18.5. The molecule has 0 spiro atoms. The average molecular weight is 411 g/mol. The second-order valence-corrected chi connectivity index (χ2v) is 7.31. The van der Waals surface area contributed by atoms with Crippen LogP contribution in [-0.4, -0.2) is 60.2 Å². The van der Waals surface area contributed by atoms with Crippen LogP contribution < -0.4 is 5.32 Å². The first-order valence-electron chi connectivity index (χ1n) is 9.66. The topological polar surface area (TPSA) is 97.9 Å². The van der Waals surface area contributed by atoms with Crippen LogP contribution in [0.15, 0.2) is 48.8 Å². The highest BCUT2D eigenvalue weighted by Crippen LogP contribution is 2.23. The summed E-state index contributed by atoms with van der Waals surface area (Å²) in [6.45, 7) is 0.641. The van der Waals surface area contributed by atoms with Crippen molar-refractivity contribution in [3.63, 3.8) is 0 Å². The minimum Gasteiger partial charge on any atom is -0.347 e. The number of nitrogens with one attached hydrogen (secondary N) is 1. The summed E-state index contributed by atoms with van der Waals surface area (Å²) in [6.07, 6.45) is 2.27. The fraction of sp³-hybridized carbons (Fsp3) is 0.350. The first-order valence-corrected chi connectivity index (χ1v) is 9.66. The Kier molecular flexibility index (Phi) is 5.55. The van der Waals surface area contributed by atoms with Gasteiger partial charge in [0.25, 0.3) is 11.8 Å². The largest absolute Gasteiger partial charge is 0.347 e. The zero-order chi connectivity index (χ0) is 21.1. The van der Waals surface area contributed by atoms with E-state index in [0.717, 1.165) is 5.56 Å². The minimum atomic E-state index is -1.11. The molecule has 0 aliphatic carbocycles. The summed E-state index contributed by atoms with van der Waals surface area (Å²) in [5.41, 5.74) is 1.42. The predicted molar refractivity (Wildman–Crippen MR) is 105 cm³/mol. The number of alkyl halides is 1. The summed E-state index contributed by atoms with van der Waals surface area (Å²) in [5.74, 6) is -0.664. The summed E-state index contributed by atoms with van der Waals surface area (Å²) < 4.78 is 17.1. The summed E-state index contributed by atoms with van der Waals surface area (Å²) in [7, 11) is 1.72. The monoisotopic (exact) mass is 411 g/mol. The van der Waals surface area contributed by atoms with Gasteiger partial charge in [-0.3, -0.25) is 14.3 Å². The van der Waals surface area contributed by atoms with Crippen LogP contribution in [0.5, 0.6) is 0 Å². The SMILES string of the molecule is Cn1ccc(C(=O)N2CC(F)CC2Cn2cc(C(=O)NCc3ccccc3)nn2)n1. The van der Waals surface area contributed by atoms with Crippen LogP contribution in [0.25, 0.3) is 0 Å². The van der Waals surface area contributed by atoms with Crippen molar-refractivity contribution in [1.82, 2.24) is 35.0 Å². The van der Waals surface area contributed by atoms with E-state index in [-0.39, 0.29) is 42.7 Å². The molecular weight excluding hydrogens is 389 g/mol. The molecule has 0 saturated carbocycles. The van der Waals surface area contributed by atoms with Crippen LogP contribution in [0.2, 0.25) is 0 Å². The van der Waals surface area contributed by atoms with Gasteiger partial charge in [-0.05, 0) is 11.6 Å². The number of amides is 2. The molecule has 156 valence electrons. The van der Waals surface area contributed by atoms with E-state index in [1.54, 1.807) is 19.3 Å². The van der Waals surface area contributed by atoms with E-state index >= 15 is 0 Å². The van der Waals surface area contributed by atoms with Gasteiger partial charge in [0.2, 0.25) is 0 Å². The number of benzene rings is 1.